The summed E-state index contributed by atoms with van der Waals surface area (Å²) in [6, 6.07) is 8.41. The molecule has 0 fully saturated rings. The molecule has 2 aromatic rings. The SMILES string of the molecule is CCCn1c(CNCC(C)(C)CN(C)C)nc2ccccc21. The summed E-state index contributed by atoms with van der Waals surface area (Å²) in [6.45, 7) is 10.7. The fraction of sp³-hybridized carbons (Fsp3) is 0.611. The van der Waals surface area contributed by atoms with E-state index in [9.17, 15) is 0 Å². The summed E-state index contributed by atoms with van der Waals surface area (Å²) < 4.78 is 2.35. The van der Waals surface area contributed by atoms with Gasteiger partial charge in [-0.2, -0.15) is 0 Å². The Kier molecular flexibility index (Phi) is 5.59. The van der Waals surface area contributed by atoms with Gasteiger partial charge in [0.2, 0.25) is 0 Å². The van der Waals surface area contributed by atoms with Crippen LogP contribution in [0.25, 0.3) is 11.0 Å². The van der Waals surface area contributed by atoms with Gasteiger partial charge in [-0.1, -0.05) is 32.9 Å². The zero-order valence-electron chi connectivity index (χ0n) is 14.7. The van der Waals surface area contributed by atoms with E-state index in [1.54, 1.807) is 0 Å². The second-order valence-electron chi connectivity index (χ2n) is 7.17. The molecule has 0 unspecified atom stereocenters. The molecular weight excluding hydrogens is 272 g/mol. The van der Waals surface area contributed by atoms with Crippen molar-refractivity contribution in [2.45, 2.75) is 40.3 Å². The number of para-hydroxylation sites is 2. The van der Waals surface area contributed by atoms with Gasteiger partial charge in [-0.25, -0.2) is 4.98 Å². The normalized spacial score (nSPS) is 12.5. The second-order valence-corrected chi connectivity index (χ2v) is 7.17. The van der Waals surface area contributed by atoms with Crippen LogP contribution in [0.2, 0.25) is 0 Å². The first kappa shape index (κ1) is 17.0. The molecule has 122 valence electrons. The van der Waals surface area contributed by atoms with E-state index < -0.39 is 0 Å². The van der Waals surface area contributed by atoms with E-state index in [2.05, 4.69) is 73.9 Å². The van der Waals surface area contributed by atoms with Crippen LogP contribution in [0, 0.1) is 5.41 Å². The summed E-state index contributed by atoms with van der Waals surface area (Å²) in [7, 11) is 4.25. The minimum Gasteiger partial charge on any atom is -0.327 e. The van der Waals surface area contributed by atoms with Crippen molar-refractivity contribution < 1.29 is 0 Å². The highest BCUT2D eigenvalue weighted by atomic mass is 15.1. The van der Waals surface area contributed by atoms with Crippen LogP contribution >= 0.6 is 0 Å². The van der Waals surface area contributed by atoms with Gasteiger partial charge in [-0.15, -0.1) is 0 Å². The van der Waals surface area contributed by atoms with Gasteiger partial charge in [0.25, 0.3) is 0 Å². The molecule has 2 rings (SSSR count). The first-order valence-corrected chi connectivity index (χ1v) is 8.22. The molecule has 4 nitrogen and oxygen atoms in total. The van der Waals surface area contributed by atoms with Crippen molar-refractivity contribution in [2.24, 2.45) is 5.41 Å². The molecule has 0 aliphatic heterocycles. The lowest BCUT2D eigenvalue weighted by atomic mass is 9.93. The van der Waals surface area contributed by atoms with Crippen molar-refractivity contribution in [3.8, 4) is 0 Å². The Morgan fingerprint density at radius 1 is 1.23 bits per heavy atom. The second kappa shape index (κ2) is 7.25. The third kappa shape index (κ3) is 4.31. The lowest BCUT2D eigenvalue weighted by Gasteiger charge is -2.28. The fourth-order valence-electron chi connectivity index (χ4n) is 3.16. The minimum absolute atomic E-state index is 0.255. The number of nitrogens with one attached hydrogen (secondary N) is 1. The monoisotopic (exact) mass is 302 g/mol. The van der Waals surface area contributed by atoms with Crippen LogP contribution in [-0.4, -0.2) is 41.6 Å². The molecule has 22 heavy (non-hydrogen) atoms. The summed E-state index contributed by atoms with van der Waals surface area (Å²) in [6.07, 6.45) is 1.12. The number of aryl methyl sites for hydroxylation is 1. The molecule has 1 heterocycles. The number of fused-ring (bicyclic) bond motifs is 1. The summed E-state index contributed by atoms with van der Waals surface area (Å²) in [5, 5.41) is 3.60. The molecule has 0 atom stereocenters. The molecule has 0 saturated carbocycles. The van der Waals surface area contributed by atoms with E-state index in [-0.39, 0.29) is 5.41 Å². The maximum absolute atomic E-state index is 4.80. The maximum Gasteiger partial charge on any atom is 0.123 e. The van der Waals surface area contributed by atoms with Crippen LogP contribution < -0.4 is 5.32 Å². The molecule has 0 radical (unpaired) electrons. The van der Waals surface area contributed by atoms with Crippen LogP contribution in [0.3, 0.4) is 0 Å². The van der Waals surface area contributed by atoms with Gasteiger partial charge in [0.05, 0.1) is 17.6 Å². The van der Waals surface area contributed by atoms with E-state index >= 15 is 0 Å². The number of benzene rings is 1. The van der Waals surface area contributed by atoms with E-state index in [1.807, 2.05) is 0 Å². The first-order valence-electron chi connectivity index (χ1n) is 8.22. The van der Waals surface area contributed by atoms with Crippen molar-refractivity contribution in [3.63, 3.8) is 0 Å². The van der Waals surface area contributed by atoms with E-state index in [0.29, 0.717) is 0 Å². The summed E-state index contributed by atoms with van der Waals surface area (Å²) >= 11 is 0. The van der Waals surface area contributed by atoms with E-state index in [4.69, 9.17) is 4.98 Å². The Balaban J connectivity index is 2.06. The predicted molar refractivity (Wildman–Crippen MR) is 94.1 cm³/mol. The van der Waals surface area contributed by atoms with E-state index in [1.165, 1.54) is 5.52 Å². The highest BCUT2D eigenvalue weighted by molar-refractivity contribution is 5.75. The van der Waals surface area contributed by atoms with Gasteiger partial charge in [0.1, 0.15) is 5.82 Å². The third-order valence-electron chi connectivity index (χ3n) is 3.81. The largest absolute Gasteiger partial charge is 0.327 e. The average molecular weight is 302 g/mol. The van der Waals surface area contributed by atoms with Gasteiger partial charge in [0, 0.05) is 19.6 Å². The molecule has 0 bridgehead atoms. The van der Waals surface area contributed by atoms with Crippen LogP contribution in [-0.2, 0) is 13.1 Å². The van der Waals surface area contributed by atoms with Gasteiger partial charge in [-0.3, -0.25) is 0 Å². The summed E-state index contributed by atoms with van der Waals surface area (Å²) in [5.41, 5.74) is 2.60. The Hall–Kier alpha value is -1.39. The van der Waals surface area contributed by atoms with Crippen molar-refractivity contribution in [1.82, 2.24) is 19.8 Å². The molecule has 0 amide bonds. The van der Waals surface area contributed by atoms with Gasteiger partial charge >= 0.3 is 0 Å². The Labute approximate surface area is 134 Å². The highest BCUT2D eigenvalue weighted by Crippen LogP contribution is 2.18. The summed E-state index contributed by atoms with van der Waals surface area (Å²) in [4.78, 5) is 7.05. The van der Waals surface area contributed by atoms with Gasteiger partial charge < -0.3 is 14.8 Å². The topological polar surface area (TPSA) is 33.1 Å². The predicted octanol–water partition coefficient (Wildman–Crippen LogP) is 3.12. The lowest BCUT2D eigenvalue weighted by Crippen LogP contribution is -2.37. The molecule has 0 aliphatic rings. The number of hydrogen-bond donors (Lipinski definition) is 1. The number of nitrogens with zero attached hydrogens (tertiary/aromatic N) is 3. The lowest BCUT2D eigenvalue weighted by molar-refractivity contribution is 0.231. The Morgan fingerprint density at radius 2 is 1.95 bits per heavy atom. The van der Waals surface area contributed by atoms with Crippen molar-refractivity contribution >= 4 is 11.0 Å². The zero-order chi connectivity index (χ0) is 16.2. The van der Waals surface area contributed by atoms with Crippen LogP contribution in [0.1, 0.15) is 33.0 Å². The number of hydrogen-bond acceptors (Lipinski definition) is 3. The first-order chi connectivity index (χ1) is 10.4. The van der Waals surface area contributed by atoms with Gasteiger partial charge in [0.15, 0.2) is 0 Å². The number of rotatable bonds is 8. The van der Waals surface area contributed by atoms with Crippen LogP contribution in [0.4, 0.5) is 0 Å². The fourth-order valence-corrected chi connectivity index (χ4v) is 3.16. The molecule has 0 aliphatic carbocycles. The summed E-state index contributed by atoms with van der Waals surface area (Å²) in [5.74, 6) is 1.14. The molecule has 1 aromatic carbocycles. The standard InChI is InChI=1S/C18H30N4/c1-6-11-22-16-10-8-7-9-15(16)20-17(22)12-19-13-18(2,3)14-21(4)5/h7-10,19H,6,11-14H2,1-5H3. The minimum atomic E-state index is 0.255. The van der Waals surface area contributed by atoms with Crippen molar-refractivity contribution in [1.29, 1.82) is 0 Å². The molecule has 4 heteroatoms. The zero-order valence-corrected chi connectivity index (χ0v) is 14.7. The van der Waals surface area contributed by atoms with Gasteiger partial charge in [-0.05, 0) is 38.1 Å². The third-order valence-corrected chi connectivity index (χ3v) is 3.81. The quantitative estimate of drug-likeness (QED) is 0.813. The molecule has 1 aromatic heterocycles. The van der Waals surface area contributed by atoms with Crippen molar-refractivity contribution in [3.05, 3.63) is 30.1 Å². The molecule has 0 saturated heterocycles. The van der Waals surface area contributed by atoms with E-state index in [0.717, 1.165) is 43.9 Å². The van der Waals surface area contributed by atoms with Crippen molar-refractivity contribution in [2.75, 3.05) is 27.2 Å². The Morgan fingerprint density at radius 3 is 2.64 bits per heavy atom. The van der Waals surface area contributed by atoms with Crippen LogP contribution in [0.5, 0.6) is 0 Å². The smallest absolute Gasteiger partial charge is 0.123 e. The number of aromatic nitrogens is 2. The molecular formula is C18H30N4. The number of imidazole rings is 1. The molecule has 0 spiro atoms. The van der Waals surface area contributed by atoms with Crippen LogP contribution in [0.15, 0.2) is 24.3 Å². The average Bonchev–Trinajstić information content (AvgIpc) is 2.76. The Bertz CT molecular complexity index is 598. The molecule has 1 N–H and O–H groups in total. The highest BCUT2D eigenvalue weighted by Gasteiger charge is 2.19. The maximum atomic E-state index is 4.80.